The second-order valence-electron chi connectivity index (χ2n) is 2.90. The van der Waals surface area contributed by atoms with Crippen molar-refractivity contribution in [2.45, 2.75) is 0 Å². The number of nitrogens with one attached hydrogen (secondary N) is 2. The highest BCUT2D eigenvalue weighted by Gasteiger charge is 2.13. The monoisotopic (exact) mass is 275 g/mol. The minimum atomic E-state index is -1.22. The second kappa shape index (κ2) is 5.51. The van der Waals surface area contributed by atoms with Gasteiger partial charge in [0.2, 0.25) is 0 Å². The minimum Gasteiger partial charge on any atom is -0.361 e. The Morgan fingerprint density at radius 1 is 1.12 bits per heavy atom. The summed E-state index contributed by atoms with van der Waals surface area (Å²) in [6.45, 7) is 0. The van der Waals surface area contributed by atoms with Crippen LogP contribution < -0.4 is 16.6 Å². The molecule has 0 radical (unpaired) electrons. The average molecular weight is 276 g/mol. The standard InChI is InChI=1S/C9H7Cl2N3O3/c10-4-1-2-5(6(11)3-4)8(16)13-14-9(17)7(12)15/h1-3H,(H2,12,15)(H,13,16)(H,14,17). The zero-order valence-electron chi connectivity index (χ0n) is 8.29. The third-order valence-electron chi connectivity index (χ3n) is 1.69. The number of hydrazine groups is 1. The molecule has 0 heterocycles. The highest BCUT2D eigenvalue weighted by Crippen LogP contribution is 2.20. The van der Waals surface area contributed by atoms with Crippen molar-refractivity contribution in [1.29, 1.82) is 0 Å². The largest absolute Gasteiger partial charge is 0.361 e. The van der Waals surface area contributed by atoms with E-state index >= 15 is 0 Å². The van der Waals surface area contributed by atoms with E-state index in [0.29, 0.717) is 5.02 Å². The number of benzene rings is 1. The molecule has 0 fully saturated rings. The SMILES string of the molecule is NC(=O)C(=O)NNC(=O)c1ccc(Cl)cc1Cl. The molecular weight excluding hydrogens is 269 g/mol. The molecule has 17 heavy (non-hydrogen) atoms. The third-order valence-corrected chi connectivity index (χ3v) is 2.24. The van der Waals surface area contributed by atoms with Gasteiger partial charge in [0.1, 0.15) is 0 Å². The quantitative estimate of drug-likeness (QED) is 0.505. The number of hydrogen-bond acceptors (Lipinski definition) is 3. The molecule has 1 rings (SSSR count). The number of primary amides is 1. The fourth-order valence-electron chi connectivity index (χ4n) is 0.916. The van der Waals surface area contributed by atoms with Crippen molar-refractivity contribution in [3.05, 3.63) is 33.8 Å². The number of carbonyl (C=O) groups is 3. The first-order valence-electron chi connectivity index (χ1n) is 4.27. The van der Waals surface area contributed by atoms with Crippen molar-refractivity contribution in [3.8, 4) is 0 Å². The molecule has 0 aliphatic heterocycles. The van der Waals surface area contributed by atoms with E-state index in [0.717, 1.165) is 0 Å². The van der Waals surface area contributed by atoms with Gasteiger partial charge in [-0.25, -0.2) is 0 Å². The Morgan fingerprint density at radius 3 is 2.29 bits per heavy atom. The van der Waals surface area contributed by atoms with Gasteiger partial charge in [-0.1, -0.05) is 23.2 Å². The first-order valence-corrected chi connectivity index (χ1v) is 5.02. The number of amides is 3. The Labute approximate surface area is 106 Å². The smallest absolute Gasteiger partial charge is 0.327 e. The van der Waals surface area contributed by atoms with E-state index < -0.39 is 17.7 Å². The average Bonchev–Trinajstić information content (AvgIpc) is 2.25. The molecule has 0 saturated heterocycles. The number of rotatable bonds is 1. The fourth-order valence-corrected chi connectivity index (χ4v) is 1.41. The Kier molecular flexibility index (Phi) is 4.30. The van der Waals surface area contributed by atoms with Gasteiger partial charge in [0.25, 0.3) is 5.91 Å². The molecule has 1 aromatic carbocycles. The van der Waals surface area contributed by atoms with Gasteiger partial charge in [0.15, 0.2) is 0 Å². The van der Waals surface area contributed by atoms with Gasteiger partial charge in [0.05, 0.1) is 10.6 Å². The van der Waals surface area contributed by atoms with Crippen LogP contribution in [0.3, 0.4) is 0 Å². The van der Waals surface area contributed by atoms with Crippen molar-refractivity contribution in [2.24, 2.45) is 5.73 Å². The number of hydrogen-bond donors (Lipinski definition) is 3. The Morgan fingerprint density at radius 2 is 1.76 bits per heavy atom. The fraction of sp³-hybridized carbons (Fsp3) is 0. The van der Waals surface area contributed by atoms with Crippen LogP contribution >= 0.6 is 23.2 Å². The third kappa shape index (κ3) is 3.61. The van der Waals surface area contributed by atoms with E-state index in [2.05, 4.69) is 5.73 Å². The zero-order chi connectivity index (χ0) is 13.0. The molecule has 0 saturated carbocycles. The topological polar surface area (TPSA) is 101 Å². The van der Waals surface area contributed by atoms with Gasteiger partial charge >= 0.3 is 11.8 Å². The van der Waals surface area contributed by atoms with Crippen molar-refractivity contribution in [3.63, 3.8) is 0 Å². The van der Waals surface area contributed by atoms with Crippen molar-refractivity contribution in [2.75, 3.05) is 0 Å². The highest BCUT2D eigenvalue weighted by molar-refractivity contribution is 6.37. The maximum Gasteiger partial charge on any atom is 0.327 e. The first kappa shape index (κ1) is 13.3. The highest BCUT2D eigenvalue weighted by atomic mass is 35.5. The van der Waals surface area contributed by atoms with Crippen LogP contribution in [-0.2, 0) is 9.59 Å². The molecule has 0 unspecified atom stereocenters. The van der Waals surface area contributed by atoms with E-state index in [1.165, 1.54) is 18.2 Å². The Hall–Kier alpha value is -1.79. The van der Waals surface area contributed by atoms with Crippen LogP contribution in [0.5, 0.6) is 0 Å². The van der Waals surface area contributed by atoms with E-state index in [9.17, 15) is 14.4 Å². The molecule has 3 amide bonds. The summed E-state index contributed by atoms with van der Waals surface area (Å²) in [5, 5.41) is 0.482. The molecule has 0 aromatic heterocycles. The van der Waals surface area contributed by atoms with Crippen molar-refractivity contribution < 1.29 is 14.4 Å². The number of halogens is 2. The number of carbonyl (C=O) groups excluding carboxylic acids is 3. The van der Waals surface area contributed by atoms with Crippen molar-refractivity contribution >= 4 is 40.9 Å². The summed E-state index contributed by atoms with van der Waals surface area (Å²) in [4.78, 5) is 32.6. The van der Waals surface area contributed by atoms with Gasteiger partial charge in [-0.2, -0.15) is 0 Å². The number of nitrogens with two attached hydrogens (primary N) is 1. The summed E-state index contributed by atoms with van der Waals surface area (Å²) >= 11 is 11.4. The predicted octanol–water partition coefficient (Wildman–Crippen LogP) is 0.240. The lowest BCUT2D eigenvalue weighted by atomic mass is 10.2. The first-order chi connectivity index (χ1) is 7.91. The second-order valence-corrected chi connectivity index (χ2v) is 3.74. The lowest BCUT2D eigenvalue weighted by Gasteiger charge is -2.06. The summed E-state index contributed by atoms with van der Waals surface area (Å²) in [6.07, 6.45) is 0. The van der Waals surface area contributed by atoms with Gasteiger partial charge in [-0.3, -0.25) is 25.2 Å². The van der Waals surface area contributed by atoms with Crippen LogP contribution in [0, 0.1) is 0 Å². The predicted molar refractivity (Wildman–Crippen MR) is 61.3 cm³/mol. The van der Waals surface area contributed by atoms with Crippen LogP contribution in [-0.4, -0.2) is 17.7 Å². The van der Waals surface area contributed by atoms with Crippen LogP contribution in [0.4, 0.5) is 0 Å². The lowest BCUT2D eigenvalue weighted by molar-refractivity contribution is -0.137. The Balaban J connectivity index is 2.71. The maximum atomic E-state index is 11.5. The molecule has 0 bridgehead atoms. The van der Waals surface area contributed by atoms with Crippen molar-refractivity contribution in [1.82, 2.24) is 10.9 Å². The zero-order valence-corrected chi connectivity index (χ0v) is 9.80. The molecule has 90 valence electrons. The molecule has 4 N–H and O–H groups in total. The van der Waals surface area contributed by atoms with E-state index in [1.54, 1.807) is 0 Å². The van der Waals surface area contributed by atoms with E-state index in [4.69, 9.17) is 23.2 Å². The van der Waals surface area contributed by atoms with Crippen LogP contribution in [0.1, 0.15) is 10.4 Å². The Bertz CT molecular complexity index is 490. The molecule has 0 spiro atoms. The van der Waals surface area contributed by atoms with Crippen LogP contribution in [0.15, 0.2) is 18.2 Å². The maximum absolute atomic E-state index is 11.5. The summed E-state index contributed by atoms with van der Waals surface area (Å²) < 4.78 is 0. The minimum absolute atomic E-state index is 0.0980. The van der Waals surface area contributed by atoms with Crippen LogP contribution in [0.25, 0.3) is 0 Å². The van der Waals surface area contributed by atoms with Gasteiger partial charge in [-0.15, -0.1) is 0 Å². The lowest BCUT2D eigenvalue weighted by Crippen LogP contribution is -2.47. The van der Waals surface area contributed by atoms with E-state index in [-0.39, 0.29) is 10.6 Å². The normalized spacial score (nSPS) is 9.53. The van der Waals surface area contributed by atoms with Crippen LogP contribution in [0.2, 0.25) is 10.0 Å². The van der Waals surface area contributed by atoms with Gasteiger partial charge < -0.3 is 5.73 Å². The molecule has 1 aromatic rings. The summed E-state index contributed by atoms with van der Waals surface area (Å²) in [7, 11) is 0. The molecule has 0 aliphatic rings. The summed E-state index contributed by atoms with van der Waals surface area (Å²) in [5.74, 6) is -3.04. The van der Waals surface area contributed by atoms with Gasteiger partial charge in [0, 0.05) is 5.02 Å². The molecule has 0 atom stereocenters. The molecule has 6 nitrogen and oxygen atoms in total. The summed E-state index contributed by atoms with van der Waals surface area (Å²) in [6, 6.07) is 4.20. The molecular formula is C9H7Cl2N3O3. The summed E-state index contributed by atoms with van der Waals surface area (Å²) in [5.41, 5.74) is 8.55. The van der Waals surface area contributed by atoms with Gasteiger partial charge in [-0.05, 0) is 18.2 Å². The van der Waals surface area contributed by atoms with E-state index in [1.807, 2.05) is 10.9 Å². The molecule has 0 aliphatic carbocycles. The molecule has 8 heteroatoms.